The zero-order chi connectivity index (χ0) is 15.5. The van der Waals surface area contributed by atoms with Crippen molar-refractivity contribution in [1.82, 2.24) is 4.72 Å². The lowest BCUT2D eigenvalue weighted by Gasteiger charge is -2.21. The Morgan fingerprint density at radius 1 is 1.14 bits per heavy atom. The molecule has 0 amide bonds. The predicted octanol–water partition coefficient (Wildman–Crippen LogP) is 1.86. The summed E-state index contributed by atoms with van der Waals surface area (Å²) in [6.07, 6.45) is 3.48. The number of aliphatic hydroxyl groups is 1. The van der Waals surface area contributed by atoms with Gasteiger partial charge in [-0.3, -0.25) is 4.79 Å². The van der Waals surface area contributed by atoms with Gasteiger partial charge >= 0.3 is 0 Å². The Kier molecular flexibility index (Phi) is 5.13. The van der Waals surface area contributed by atoms with Crippen LogP contribution in [0.4, 0.5) is 0 Å². The van der Waals surface area contributed by atoms with Crippen molar-refractivity contribution in [2.45, 2.75) is 56.1 Å². The molecule has 6 heteroatoms. The molecule has 0 radical (unpaired) electrons. The van der Waals surface area contributed by atoms with Crippen molar-refractivity contribution >= 4 is 15.8 Å². The van der Waals surface area contributed by atoms with Crippen LogP contribution in [0.3, 0.4) is 0 Å². The molecule has 0 bridgehead atoms. The number of hydrogen-bond donors (Lipinski definition) is 2. The molecule has 1 aliphatic carbocycles. The maximum Gasteiger partial charge on any atom is 0.240 e. The fourth-order valence-electron chi connectivity index (χ4n) is 2.56. The first-order valence-electron chi connectivity index (χ1n) is 7.21. The van der Waals surface area contributed by atoms with Gasteiger partial charge in [0.05, 0.1) is 11.0 Å². The van der Waals surface area contributed by atoms with Gasteiger partial charge in [0.1, 0.15) is 0 Å². The second kappa shape index (κ2) is 6.68. The van der Waals surface area contributed by atoms with E-state index in [1.807, 2.05) is 0 Å². The van der Waals surface area contributed by atoms with E-state index in [0.717, 1.165) is 19.3 Å². The molecule has 1 aliphatic rings. The van der Waals surface area contributed by atoms with Crippen LogP contribution in [0.2, 0.25) is 0 Å². The fraction of sp³-hybridized carbons (Fsp3) is 0.533. The van der Waals surface area contributed by atoms with E-state index in [4.69, 9.17) is 0 Å². The van der Waals surface area contributed by atoms with E-state index in [-0.39, 0.29) is 10.7 Å². The predicted molar refractivity (Wildman–Crippen MR) is 79.6 cm³/mol. The van der Waals surface area contributed by atoms with Gasteiger partial charge in [-0.2, -0.15) is 0 Å². The molecule has 1 aromatic rings. The Morgan fingerprint density at radius 2 is 1.76 bits per heavy atom. The molecule has 2 atom stereocenters. The number of sulfonamides is 1. The molecule has 1 aromatic carbocycles. The lowest BCUT2D eigenvalue weighted by Crippen LogP contribution is -2.42. The van der Waals surface area contributed by atoms with Crippen LogP contribution in [0.25, 0.3) is 0 Å². The summed E-state index contributed by atoms with van der Waals surface area (Å²) in [6, 6.07) is 5.40. The van der Waals surface area contributed by atoms with Crippen molar-refractivity contribution in [3.63, 3.8) is 0 Å². The molecule has 0 heterocycles. The fourth-order valence-corrected chi connectivity index (χ4v) is 3.87. The summed E-state index contributed by atoms with van der Waals surface area (Å²) in [6.45, 7) is 1.43. The lowest BCUT2D eigenvalue weighted by molar-refractivity contribution is 0.101. The van der Waals surface area contributed by atoms with E-state index < -0.39 is 22.2 Å². The number of carbonyl (C=O) groups excluding carboxylic acids is 1. The third kappa shape index (κ3) is 4.12. The van der Waals surface area contributed by atoms with Crippen LogP contribution in [0.5, 0.6) is 0 Å². The summed E-state index contributed by atoms with van der Waals surface area (Å²) < 4.78 is 27.3. The van der Waals surface area contributed by atoms with Crippen molar-refractivity contribution in [2.24, 2.45) is 0 Å². The van der Waals surface area contributed by atoms with E-state index in [1.165, 1.54) is 31.2 Å². The second-order valence-corrected chi connectivity index (χ2v) is 7.23. The minimum absolute atomic E-state index is 0.105. The molecule has 21 heavy (non-hydrogen) atoms. The molecule has 116 valence electrons. The number of hydrogen-bond acceptors (Lipinski definition) is 4. The van der Waals surface area contributed by atoms with Crippen LogP contribution < -0.4 is 4.72 Å². The minimum Gasteiger partial charge on any atom is -0.391 e. The van der Waals surface area contributed by atoms with Gasteiger partial charge in [0.2, 0.25) is 10.0 Å². The van der Waals surface area contributed by atoms with Crippen LogP contribution in [0, 0.1) is 0 Å². The van der Waals surface area contributed by atoms with Crippen LogP contribution >= 0.6 is 0 Å². The van der Waals surface area contributed by atoms with Gasteiger partial charge in [-0.05, 0) is 31.9 Å². The summed E-state index contributed by atoms with van der Waals surface area (Å²) in [5, 5.41) is 10.0. The first-order chi connectivity index (χ1) is 9.90. The summed E-state index contributed by atoms with van der Waals surface area (Å²) in [5.41, 5.74) is 0.475. The first kappa shape index (κ1) is 16.1. The zero-order valence-electron chi connectivity index (χ0n) is 12.1. The summed E-state index contributed by atoms with van der Waals surface area (Å²) >= 11 is 0. The quantitative estimate of drug-likeness (QED) is 0.657. The van der Waals surface area contributed by atoms with Gasteiger partial charge in [-0.15, -0.1) is 0 Å². The number of nitrogens with one attached hydrogen (secondary N) is 1. The smallest absolute Gasteiger partial charge is 0.240 e. The number of ketones is 1. The highest BCUT2D eigenvalue weighted by atomic mass is 32.2. The van der Waals surface area contributed by atoms with Gasteiger partial charge in [0.15, 0.2) is 5.78 Å². The Balaban J connectivity index is 2.15. The van der Waals surface area contributed by atoms with Crippen LogP contribution in [0.1, 0.15) is 49.4 Å². The van der Waals surface area contributed by atoms with Crippen LogP contribution in [0.15, 0.2) is 29.2 Å². The molecular formula is C15H21NO4S. The molecule has 1 saturated carbocycles. The third-order valence-corrected chi connectivity index (χ3v) is 5.36. The molecule has 2 unspecified atom stereocenters. The highest BCUT2D eigenvalue weighted by molar-refractivity contribution is 7.89. The van der Waals surface area contributed by atoms with Crippen LogP contribution in [-0.2, 0) is 10.0 Å². The van der Waals surface area contributed by atoms with E-state index in [9.17, 15) is 18.3 Å². The van der Waals surface area contributed by atoms with Crippen molar-refractivity contribution in [2.75, 3.05) is 0 Å². The number of rotatable bonds is 4. The standard InChI is InChI=1S/C15H21NO4S/c1-11(17)12-7-9-13(10-8-12)21(19,20)16-14-5-3-2-4-6-15(14)18/h7-10,14-16,18H,2-6H2,1H3. The van der Waals surface area contributed by atoms with Crippen molar-refractivity contribution in [1.29, 1.82) is 0 Å². The number of benzene rings is 1. The van der Waals surface area contributed by atoms with Gasteiger partial charge in [0.25, 0.3) is 0 Å². The van der Waals surface area contributed by atoms with Gasteiger partial charge in [0, 0.05) is 11.6 Å². The summed E-state index contributed by atoms with van der Waals surface area (Å²) in [5.74, 6) is -0.105. The monoisotopic (exact) mass is 311 g/mol. The Bertz CT molecular complexity index is 595. The summed E-state index contributed by atoms with van der Waals surface area (Å²) in [4.78, 5) is 11.3. The van der Waals surface area contributed by atoms with E-state index >= 15 is 0 Å². The second-order valence-electron chi connectivity index (χ2n) is 5.51. The van der Waals surface area contributed by atoms with Gasteiger partial charge in [-0.25, -0.2) is 13.1 Å². The SMILES string of the molecule is CC(=O)c1ccc(S(=O)(=O)NC2CCCCCC2O)cc1. The Labute approximate surface area is 125 Å². The normalized spacial score (nSPS) is 23.5. The van der Waals surface area contributed by atoms with Crippen LogP contribution in [-0.4, -0.2) is 31.5 Å². The highest BCUT2D eigenvalue weighted by Crippen LogP contribution is 2.20. The molecular weight excluding hydrogens is 290 g/mol. The Morgan fingerprint density at radius 3 is 2.38 bits per heavy atom. The average Bonchev–Trinajstić information content (AvgIpc) is 2.64. The maximum absolute atomic E-state index is 12.3. The molecule has 0 aromatic heterocycles. The molecule has 0 aliphatic heterocycles. The third-order valence-electron chi connectivity index (χ3n) is 3.86. The largest absolute Gasteiger partial charge is 0.391 e. The van der Waals surface area contributed by atoms with Crippen molar-refractivity contribution in [3.05, 3.63) is 29.8 Å². The molecule has 1 fully saturated rings. The number of carbonyl (C=O) groups is 1. The van der Waals surface area contributed by atoms with Crippen molar-refractivity contribution < 1.29 is 18.3 Å². The van der Waals surface area contributed by atoms with E-state index in [1.54, 1.807) is 0 Å². The molecule has 2 N–H and O–H groups in total. The first-order valence-corrected chi connectivity index (χ1v) is 8.70. The summed E-state index contributed by atoms with van der Waals surface area (Å²) in [7, 11) is -3.67. The topological polar surface area (TPSA) is 83.5 Å². The van der Waals surface area contributed by atoms with E-state index in [0.29, 0.717) is 18.4 Å². The molecule has 0 spiro atoms. The highest BCUT2D eigenvalue weighted by Gasteiger charge is 2.27. The average molecular weight is 311 g/mol. The minimum atomic E-state index is -3.67. The van der Waals surface area contributed by atoms with E-state index in [2.05, 4.69) is 4.72 Å². The molecule has 5 nitrogen and oxygen atoms in total. The number of aliphatic hydroxyl groups excluding tert-OH is 1. The lowest BCUT2D eigenvalue weighted by atomic mass is 10.1. The molecule has 2 rings (SSSR count). The van der Waals surface area contributed by atoms with Crippen molar-refractivity contribution in [3.8, 4) is 0 Å². The molecule has 0 saturated heterocycles. The Hall–Kier alpha value is -1.24. The number of Topliss-reactive ketones (excluding diaryl/α,β-unsaturated/α-hetero) is 1. The maximum atomic E-state index is 12.3. The van der Waals surface area contributed by atoms with Gasteiger partial charge in [-0.1, -0.05) is 31.4 Å². The zero-order valence-corrected chi connectivity index (χ0v) is 12.9. The van der Waals surface area contributed by atoms with Gasteiger partial charge < -0.3 is 5.11 Å².